The molecule has 4 heteroatoms. The molecule has 0 heterocycles. The van der Waals surface area contributed by atoms with Gasteiger partial charge in [0.25, 0.3) is 0 Å². The Labute approximate surface area is 120 Å². The minimum atomic E-state index is -0.311. The molecule has 2 aromatic carbocycles. The highest BCUT2D eigenvalue weighted by molar-refractivity contribution is 9.10. The lowest BCUT2D eigenvalue weighted by atomic mass is 10.1. The number of hydrogen-bond donors (Lipinski definition) is 1. The largest absolute Gasteiger partial charge is 0.483 e. The molecule has 0 amide bonds. The summed E-state index contributed by atoms with van der Waals surface area (Å²) in [6, 6.07) is 14.3. The molecule has 2 nitrogen and oxygen atoms in total. The standard InChI is InChI=1S/C15H15BrFNO/c1-18-10-15(11-5-3-2-4-6-11)19-14-9-12(17)7-8-13(14)16/h2-9,15,18H,10H2,1H3. The van der Waals surface area contributed by atoms with E-state index in [1.54, 1.807) is 6.07 Å². The summed E-state index contributed by atoms with van der Waals surface area (Å²) in [4.78, 5) is 0. The van der Waals surface area contributed by atoms with Crippen LogP contribution in [0, 0.1) is 5.82 Å². The average Bonchev–Trinajstić information content (AvgIpc) is 2.43. The maximum absolute atomic E-state index is 13.3. The Hall–Kier alpha value is -1.39. The van der Waals surface area contributed by atoms with E-state index in [1.807, 2.05) is 37.4 Å². The van der Waals surface area contributed by atoms with Gasteiger partial charge in [0.05, 0.1) is 4.47 Å². The highest BCUT2D eigenvalue weighted by Crippen LogP contribution is 2.29. The SMILES string of the molecule is CNCC(Oc1cc(F)ccc1Br)c1ccccc1. The van der Waals surface area contributed by atoms with E-state index >= 15 is 0 Å². The van der Waals surface area contributed by atoms with Gasteiger partial charge < -0.3 is 10.1 Å². The summed E-state index contributed by atoms with van der Waals surface area (Å²) in [5, 5.41) is 3.09. The molecule has 0 spiro atoms. The fourth-order valence-electron chi connectivity index (χ4n) is 1.80. The van der Waals surface area contributed by atoms with Gasteiger partial charge in [-0.3, -0.25) is 0 Å². The van der Waals surface area contributed by atoms with E-state index in [4.69, 9.17) is 4.74 Å². The van der Waals surface area contributed by atoms with Gasteiger partial charge in [-0.15, -0.1) is 0 Å². The van der Waals surface area contributed by atoms with Crippen molar-refractivity contribution in [2.75, 3.05) is 13.6 Å². The van der Waals surface area contributed by atoms with Gasteiger partial charge in [0.15, 0.2) is 0 Å². The zero-order valence-corrected chi connectivity index (χ0v) is 12.2. The van der Waals surface area contributed by atoms with Gasteiger partial charge in [-0.2, -0.15) is 0 Å². The average molecular weight is 324 g/mol. The van der Waals surface area contributed by atoms with Crippen molar-refractivity contribution in [3.05, 3.63) is 64.4 Å². The molecule has 19 heavy (non-hydrogen) atoms. The van der Waals surface area contributed by atoms with Crippen molar-refractivity contribution in [2.24, 2.45) is 0 Å². The quantitative estimate of drug-likeness (QED) is 0.900. The smallest absolute Gasteiger partial charge is 0.137 e. The summed E-state index contributed by atoms with van der Waals surface area (Å²) in [5.74, 6) is 0.193. The van der Waals surface area contributed by atoms with Crippen molar-refractivity contribution in [3.8, 4) is 5.75 Å². The van der Waals surface area contributed by atoms with Gasteiger partial charge in [-0.25, -0.2) is 4.39 Å². The summed E-state index contributed by atoms with van der Waals surface area (Å²) >= 11 is 3.37. The normalized spacial score (nSPS) is 12.2. The van der Waals surface area contributed by atoms with Crippen LogP contribution >= 0.6 is 15.9 Å². The first-order valence-electron chi connectivity index (χ1n) is 6.02. The number of hydrogen-bond acceptors (Lipinski definition) is 2. The highest BCUT2D eigenvalue weighted by Gasteiger charge is 2.14. The summed E-state index contributed by atoms with van der Waals surface area (Å²) in [6.07, 6.45) is -0.163. The zero-order valence-electron chi connectivity index (χ0n) is 10.6. The highest BCUT2D eigenvalue weighted by atomic mass is 79.9. The van der Waals surface area contributed by atoms with Gasteiger partial charge in [0.1, 0.15) is 17.7 Å². The molecule has 100 valence electrons. The molecule has 0 fully saturated rings. The Bertz CT molecular complexity index is 533. The molecule has 0 saturated heterocycles. The Morgan fingerprint density at radius 1 is 1.21 bits per heavy atom. The number of benzene rings is 2. The monoisotopic (exact) mass is 323 g/mol. The lowest BCUT2D eigenvalue weighted by Gasteiger charge is -2.20. The maximum Gasteiger partial charge on any atom is 0.137 e. The first-order valence-corrected chi connectivity index (χ1v) is 6.81. The number of rotatable bonds is 5. The zero-order chi connectivity index (χ0) is 13.7. The predicted molar refractivity (Wildman–Crippen MR) is 77.8 cm³/mol. The summed E-state index contributed by atoms with van der Waals surface area (Å²) in [5.41, 5.74) is 1.05. The summed E-state index contributed by atoms with van der Waals surface area (Å²) in [6.45, 7) is 0.646. The third-order valence-corrected chi connectivity index (χ3v) is 3.38. The van der Waals surface area contributed by atoms with Gasteiger partial charge in [-0.05, 0) is 40.7 Å². The fourth-order valence-corrected chi connectivity index (χ4v) is 2.14. The maximum atomic E-state index is 13.3. The Morgan fingerprint density at radius 3 is 2.63 bits per heavy atom. The van der Waals surface area contributed by atoms with Crippen LogP contribution in [0.5, 0.6) is 5.75 Å². The Kier molecular flexibility index (Phi) is 4.93. The molecule has 0 radical (unpaired) electrons. The van der Waals surface area contributed by atoms with Crippen molar-refractivity contribution in [1.82, 2.24) is 5.32 Å². The van der Waals surface area contributed by atoms with E-state index in [-0.39, 0.29) is 11.9 Å². The van der Waals surface area contributed by atoms with Crippen LogP contribution in [0.25, 0.3) is 0 Å². The molecular weight excluding hydrogens is 309 g/mol. The van der Waals surface area contributed by atoms with Crippen LogP contribution < -0.4 is 10.1 Å². The second-order valence-corrected chi connectivity index (χ2v) is 5.00. The van der Waals surface area contributed by atoms with E-state index in [1.165, 1.54) is 12.1 Å². The molecule has 0 aliphatic rings. The van der Waals surface area contributed by atoms with E-state index < -0.39 is 0 Å². The first-order chi connectivity index (χ1) is 9.20. The van der Waals surface area contributed by atoms with Crippen molar-refractivity contribution < 1.29 is 9.13 Å². The summed E-state index contributed by atoms with van der Waals surface area (Å²) in [7, 11) is 1.86. The lowest BCUT2D eigenvalue weighted by Crippen LogP contribution is -2.22. The number of likely N-dealkylation sites (N-methyl/N-ethyl adjacent to an activating group) is 1. The van der Waals surface area contributed by atoms with Crippen LogP contribution in [-0.2, 0) is 0 Å². The minimum absolute atomic E-state index is 0.163. The minimum Gasteiger partial charge on any atom is -0.483 e. The van der Waals surface area contributed by atoms with E-state index in [0.29, 0.717) is 12.3 Å². The van der Waals surface area contributed by atoms with Gasteiger partial charge in [-0.1, -0.05) is 30.3 Å². The Morgan fingerprint density at radius 2 is 1.95 bits per heavy atom. The van der Waals surface area contributed by atoms with Gasteiger partial charge in [0, 0.05) is 12.6 Å². The lowest BCUT2D eigenvalue weighted by molar-refractivity contribution is 0.202. The second kappa shape index (κ2) is 6.68. The van der Waals surface area contributed by atoms with Gasteiger partial charge in [0.2, 0.25) is 0 Å². The third-order valence-electron chi connectivity index (χ3n) is 2.72. The molecule has 0 bridgehead atoms. The van der Waals surface area contributed by atoms with Crippen LogP contribution in [0.15, 0.2) is 53.0 Å². The summed E-state index contributed by atoms with van der Waals surface area (Å²) < 4.78 is 19.9. The van der Waals surface area contributed by atoms with E-state index in [0.717, 1.165) is 10.0 Å². The molecule has 1 unspecified atom stereocenters. The molecule has 1 atom stereocenters. The third kappa shape index (κ3) is 3.78. The molecular formula is C15H15BrFNO. The molecule has 0 aliphatic carbocycles. The van der Waals surface area contributed by atoms with Crippen LogP contribution in [0.4, 0.5) is 4.39 Å². The van der Waals surface area contributed by atoms with Crippen LogP contribution in [-0.4, -0.2) is 13.6 Å². The van der Waals surface area contributed by atoms with Crippen molar-refractivity contribution >= 4 is 15.9 Å². The van der Waals surface area contributed by atoms with E-state index in [9.17, 15) is 4.39 Å². The number of ether oxygens (including phenoxy) is 1. The van der Waals surface area contributed by atoms with Crippen LogP contribution in [0.3, 0.4) is 0 Å². The first kappa shape index (κ1) is 14.0. The number of nitrogens with one attached hydrogen (secondary N) is 1. The Balaban J connectivity index is 2.24. The van der Waals surface area contributed by atoms with Crippen molar-refractivity contribution in [3.63, 3.8) is 0 Å². The van der Waals surface area contributed by atoms with Crippen molar-refractivity contribution in [1.29, 1.82) is 0 Å². The predicted octanol–water partition coefficient (Wildman–Crippen LogP) is 3.93. The second-order valence-electron chi connectivity index (χ2n) is 4.15. The number of halogens is 2. The fraction of sp³-hybridized carbons (Fsp3) is 0.200. The molecule has 0 aliphatic heterocycles. The molecule has 0 saturated carbocycles. The van der Waals surface area contributed by atoms with E-state index in [2.05, 4.69) is 21.2 Å². The molecule has 1 N–H and O–H groups in total. The molecule has 2 rings (SSSR count). The van der Waals surface area contributed by atoms with Gasteiger partial charge >= 0.3 is 0 Å². The topological polar surface area (TPSA) is 21.3 Å². The molecule has 2 aromatic rings. The van der Waals surface area contributed by atoms with Crippen molar-refractivity contribution in [2.45, 2.75) is 6.10 Å². The van der Waals surface area contributed by atoms with Crippen LogP contribution in [0.1, 0.15) is 11.7 Å². The molecule has 0 aromatic heterocycles. The van der Waals surface area contributed by atoms with Crippen LogP contribution in [0.2, 0.25) is 0 Å².